The molecule has 29 heavy (non-hydrogen) atoms. The molecule has 0 aliphatic carbocycles. The normalized spacial score (nSPS) is 13.1. The van der Waals surface area contributed by atoms with E-state index in [4.69, 9.17) is 5.84 Å². The van der Waals surface area contributed by atoms with Crippen molar-refractivity contribution in [3.05, 3.63) is 77.1 Å². The lowest BCUT2D eigenvalue weighted by atomic mass is 10.1. The first-order valence-electron chi connectivity index (χ1n) is 9.93. The maximum absolute atomic E-state index is 10.3. The number of fused-ring (bicyclic) bond motifs is 1. The fraction of sp³-hybridized carbons (Fsp3) is 0.304. The molecule has 0 unspecified atom stereocenters. The van der Waals surface area contributed by atoms with Crippen LogP contribution in [0.4, 0.5) is 0 Å². The summed E-state index contributed by atoms with van der Waals surface area (Å²) in [7, 11) is -3.40. The van der Waals surface area contributed by atoms with Crippen molar-refractivity contribution in [1.29, 1.82) is 0 Å². The second-order valence-corrected chi connectivity index (χ2v) is 11.9. The van der Waals surface area contributed by atoms with E-state index in [1.807, 2.05) is 56.1 Å². The van der Waals surface area contributed by atoms with Crippen LogP contribution in [0.25, 0.3) is 17.0 Å². The number of aromatic nitrogens is 1. The van der Waals surface area contributed by atoms with E-state index in [2.05, 4.69) is 29.4 Å². The predicted octanol–water partition coefficient (Wildman–Crippen LogP) is 3.87. The maximum atomic E-state index is 10.3. The largest absolute Gasteiger partial charge is 0.407 e. The van der Waals surface area contributed by atoms with E-state index in [1.165, 1.54) is 10.9 Å². The van der Waals surface area contributed by atoms with Gasteiger partial charge in [-0.3, -0.25) is 5.84 Å². The molecule has 0 radical (unpaired) electrons. The summed E-state index contributed by atoms with van der Waals surface area (Å²) in [6, 6.07) is 16.3. The van der Waals surface area contributed by atoms with Crippen LogP contribution in [0.2, 0.25) is 5.04 Å². The highest BCUT2D eigenvalue weighted by molar-refractivity contribution is 6.73. The first-order chi connectivity index (χ1) is 13.7. The number of benzene rings is 2. The third-order valence-electron chi connectivity index (χ3n) is 5.32. The number of hydrazine groups is 1. The molecule has 3 rings (SSSR count). The Balaban J connectivity index is 1.55. The number of nitrogens with two attached hydrogens (primary N) is 1. The van der Waals surface area contributed by atoms with Crippen molar-refractivity contribution >= 4 is 25.5 Å². The van der Waals surface area contributed by atoms with Crippen molar-refractivity contribution in [3.8, 4) is 0 Å². The van der Waals surface area contributed by atoms with Gasteiger partial charge in [0, 0.05) is 35.2 Å². The van der Waals surface area contributed by atoms with Crippen molar-refractivity contribution in [2.75, 3.05) is 6.54 Å². The topological polar surface area (TPSA) is 85.5 Å². The zero-order chi connectivity index (χ0) is 21.1. The van der Waals surface area contributed by atoms with E-state index in [0.717, 1.165) is 29.6 Å². The third kappa shape index (κ3) is 5.44. The molecule has 5 N–H and O–H groups in total. The van der Waals surface area contributed by atoms with Crippen molar-refractivity contribution < 1.29 is 9.59 Å². The zero-order valence-corrected chi connectivity index (χ0v) is 18.4. The van der Waals surface area contributed by atoms with Crippen molar-refractivity contribution in [3.63, 3.8) is 0 Å². The van der Waals surface area contributed by atoms with Gasteiger partial charge in [0.25, 0.3) is 0 Å². The number of hydrogen-bond acceptors (Lipinski definition) is 4. The van der Waals surface area contributed by atoms with Gasteiger partial charge in [0.1, 0.15) is 0 Å². The van der Waals surface area contributed by atoms with Gasteiger partial charge < -0.3 is 14.6 Å². The molecule has 3 aromatic rings. The maximum Gasteiger partial charge on any atom is 0.365 e. The molecule has 0 atom stereocenters. The highest BCUT2D eigenvalue weighted by Crippen LogP contribution is 2.33. The Labute approximate surface area is 173 Å². The summed E-state index contributed by atoms with van der Waals surface area (Å²) in [4.78, 5) is 23.8. The Morgan fingerprint density at radius 1 is 1.07 bits per heavy atom. The fourth-order valence-electron chi connectivity index (χ4n) is 3.11. The summed E-state index contributed by atoms with van der Waals surface area (Å²) in [6.07, 6.45) is 4.73. The van der Waals surface area contributed by atoms with Gasteiger partial charge in [0.2, 0.25) is 0 Å². The number of rotatable bonds is 7. The first kappa shape index (κ1) is 21.5. The standard InChI is InChI=1S/C23H31N3O2Si/c1-23(2,3)29(27,28)15-13-18-8-10-19(11-9-18)17-26(24)14-12-20-16-25-22-7-5-4-6-21(20)22/h4-11,13,15-16,25,27-28H,12,14,17,24H2,1-3H3/b15-13+. The van der Waals surface area contributed by atoms with E-state index in [-0.39, 0.29) is 0 Å². The molecule has 0 spiro atoms. The molecule has 1 heterocycles. The highest BCUT2D eigenvalue weighted by Gasteiger charge is 2.40. The van der Waals surface area contributed by atoms with E-state index < -0.39 is 13.6 Å². The Kier molecular flexibility index (Phi) is 6.41. The number of nitrogens with zero attached hydrogens (tertiary/aromatic N) is 1. The molecule has 0 fully saturated rings. The van der Waals surface area contributed by atoms with Crippen LogP contribution in [0.5, 0.6) is 0 Å². The van der Waals surface area contributed by atoms with Gasteiger partial charge in [-0.15, -0.1) is 0 Å². The molecular weight excluding hydrogens is 378 g/mol. The number of aromatic amines is 1. The summed E-state index contributed by atoms with van der Waals surface area (Å²) in [5.41, 5.74) is 6.06. The molecule has 0 bridgehead atoms. The van der Waals surface area contributed by atoms with Gasteiger partial charge in [-0.25, -0.2) is 5.01 Å². The molecule has 0 aliphatic rings. The van der Waals surface area contributed by atoms with Crippen LogP contribution in [0.15, 0.2) is 60.4 Å². The smallest absolute Gasteiger partial charge is 0.365 e. The average Bonchev–Trinajstić information content (AvgIpc) is 3.08. The van der Waals surface area contributed by atoms with Gasteiger partial charge in [0.05, 0.1) is 0 Å². The summed E-state index contributed by atoms with van der Waals surface area (Å²) in [5.74, 6) is 6.22. The minimum Gasteiger partial charge on any atom is -0.407 e. The van der Waals surface area contributed by atoms with E-state index >= 15 is 0 Å². The molecule has 0 aliphatic heterocycles. The number of para-hydroxylation sites is 1. The van der Waals surface area contributed by atoms with Gasteiger partial charge >= 0.3 is 8.56 Å². The van der Waals surface area contributed by atoms with Crippen molar-refractivity contribution in [1.82, 2.24) is 9.99 Å². The van der Waals surface area contributed by atoms with Crippen molar-refractivity contribution in [2.24, 2.45) is 5.84 Å². The molecule has 154 valence electrons. The molecular formula is C23H31N3O2Si. The van der Waals surface area contributed by atoms with Gasteiger partial charge in [-0.1, -0.05) is 69.3 Å². The first-order valence-corrected chi connectivity index (χ1v) is 11.9. The Hall–Kier alpha value is -2.22. The number of hydrogen-bond donors (Lipinski definition) is 4. The lowest BCUT2D eigenvalue weighted by molar-refractivity contribution is 0.278. The quantitative estimate of drug-likeness (QED) is 0.271. The van der Waals surface area contributed by atoms with Crippen LogP contribution in [0, 0.1) is 0 Å². The summed E-state index contributed by atoms with van der Waals surface area (Å²) in [6.45, 7) is 6.96. The predicted molar refractivity (Wildman–Crippen MR) is 122 cm³/mol. The van der Waals surface area contributed by atoms with Crippen LogP contribution < -0.4 is 5.84 Å². The molecule has 6 heteroatoms. The molecule has 5 nitrogen and oxygen atoms in total. The van der Waals surface area contributed by atoms with Crippen LogP contribution >= 0.6 is 0 Å². The minimum atomic E-state index is -3.40. The van der Waals surface area contributed by atoms with Crippen LogP contribution in [-0.4, -0.2) is 34.7 Å². The second kappa shape index (κ2) is 8.65. The van der Waals surface area contributed by atoms with E-state index in [0.29, 0.717) is 6.54 Å². The Morgan fingerprint density at radius 3 is 2.45 bits per heavy atom. The lowest BCUT2D eigenvalue weighted by Gasteiger charge is -2.28. The third-order valence-corrected chi connectivity index (χ3v) is 8.16. The molecule has 0 saturated carbocycles. The van der Waals surface area contributed by atoms with Crippen LogP contribution in [-0.2, 0) is 13.0 Å². The van der Waals surface area contributed by atoms with E-state index in [1.54, 1.807) is 11.8 Å². The minimum absolute atomic E-state index is 0.520. The lowest BCUT2D eigenvalue weighted by Crippen LogP contribution is -2.42. The van der Waals surface area contributed by atoms with Crippen LogP contribution in [0.3, 0.4) is 0 Å². The molecule has 0 amide bonds. The zero-order valence-electron chi connectivity index (χ0n) is 17.4. The Morgan fingerprint density at radius 2 is 1.76 bits per heavy atom. The van der Waals surface area contributed by atoms with Crippen molar-refractivity contribution in [2.45, 2.75) is 38.8 Å². The SMILES string of the molecule is CC(C)(C)[Si](O)(O)/C=C/c1ccc(CN(N)CCc2c[nH]c3ccccc23)cc1. The summed E-state index contributed by atoms with van der Waals surface area (Å²) in [5, 5.41) is 2.56. The van der Waals surface area contributed by atoms with Gasteiger partial charge in [-0.2, -0.15) is 0 Å². The van der Waals surface area contributed by atoms with Crippen LogP contribution in [0.1, 0.15) is 37.5 Å². The highest BCUT2D eigenvalue weighted by atomic mass is 28.4. The van der Waals surface area contributed by atoms with Gasteiger partial charge in [0.15, 0.2) is 0 Å². The average molecular weight is 410 g/mol. The summed E-state index contributed by atoms with van der Waals surface area (Å²) >= 11 is 0. The number of nitrogens with one attached hydrogen (secondary N) is 1. The number of H-pyrrole nitrogens is 1. The van der Waals surface area contributed by atoms with Gasteiger partial charge in [-0.05, 0) is 34.9 Å². The Bertz CT molecular complexity index is 972. The van der Waals surface area contributed by atoms with E-state index in [9.17, 15) is 9.59 Å². The molecule has 1 aromatic heterocycles. The second-order valence-electron chi connectivity index (χ2n) is 8.63. The summed E-state index contributed by atoms with van der Waals surface area (Å²) < 4.78 is 0. The monoisotopic (exact) mass is 409 g/mol. The molecule has 2 aromatic carbocycles. The fourth-order valence-corrected chi connectivity index (χ4v) is 4.04. The molecule has 0 saturated heterocycles.